The molecular weight excluding hydrogens is 268 g/mol. The minimum absolute atomic E-state index is 1.10. The van der Waals surface area contributed by atoms with Crippen LogP contribution >= 0.6 is 17.4 Å². The van der Waals surface area contributed by atoms with Gasteiger partial charge in [0.05, 0.1) is 0 Å². The van der Waals surface area contributed by atoms with Gasteiger partial charge in [-0.05, 0) is 0 Å². The van der Waals surface area contributed by atoms with E-state index in [1.54, 1.807) is 0 Å². The zero-order chi connectivity index (χ0) is 12.4. The van der Waals surface area contributed by atoms with Crippen LogP contribution in [0.25, 0.3) is 0 Å². The Labute approximate surface area is 86.5 Å². The molecule has 0 N–H and O–H groups in total. The van der Waals surface area contributed by atoms with Crippen molar-refractivity contribution in [3.63, 3.8) is 0 Å². The van der Waals surface area contributed by atoms with Crippen LogP contribution in [0.1, 0.15) is 0 Å². The molecule has 0 amide bonds. The van der Waals surface area contributed by atoms with Gasteiger partial charge in [-0.1, -0.05) is 0 Å². The molecule has 0 aromatic carbocycles. The molecular formula is C6H8ClF6OP. The Morgan fingerprint density at radius 3 is 1.40 bits per heavy atom. The molecule has 1 heterocycles. The number of hydrogen-bond donors (Lipinski definition) is 0. The standard InChI is InChI=1S/C6H8ClF6OP/c1-15(2,7)3-4(14-15,5(8,9)10)6(11,12)13/h3H2,1-2H3. The summed E-state index contributed by atoms with van der Waals surface area (Å²) >= 11 is 5.56. The molecule has 0 aromatic rings. The Kier molecular flexibility index (Phi) is 2.43. The van der Waals surface area contributed by atoms with Crippen LogP contribution in [0, 0.1) is 0 Å². The van der Waals surface area contributed by atoms with Gasteiger partial charge in [0.1, 0.15) is 0 Å². The first-order chi connectivity index (χ1) is 6.18. The van der Waals surface area contributed by atoms with Gasteiger partial charge in [0.25, 0.3) is 0 Å². The van der Waals surface area contributed by atoms with Crippen LogP contribution in [0.15, 0.2) is 0 Å². The predicted octanol–water partition coefficient (Wildman–Crippen LogP) is 3.76. The Bertz CT molecular complexity index is 261. The third-order valence-electron chi connectivity index (χ3n) is 2.02. The molecule has 0 bridgehead atoms. The van der Waals surface area contributed by atoms with Gasteiger partial charge in [-0.15, -0.1) is 0 Å². The summed E-state index contributed by atoms with van der Waals surface area (Å²) in [6.07, 6.45) is -16.0. The molecule has 0 atom stereocenters. The third-order valence-corrected chi connectivity index (χ3v) is 4.78. The Hall–Kier alpha value is 0.260. The van der Waals surface area contributed by atoms with Crippen LogP contribution in [-0.2, 0) is 4.52 Å². The second kappa shape index (κ2) is 2.74. The van der Waals surface area contributed by atoms with E-state index in [9.17, 15) is 26.3 Å². The molecule has 9 heteroatoms. The van der Waals surface area contributed by atoms with E-state index in [4.69, 9.17) is 11.2 Å². The monoisotopic (exact) mass is 276 g/mol. The Morgan fingerprint density at radius 2 is 1.33 bits per heavy atom. The van der Waals surface area contributed by atoms with Crippen LogP contribution in [0.3, 0.4) is 0 Å². The molecule has 0 unspecified atom stereocenters. The van der Waals surface area contributed by atoms with Crippen molar-refractivity contribution >= 4 is 17.4 Å². The van der Waals surface area contributed by atoms with Crippen molar-refractivity contribution in [2.45, 2.75) is 18.0 Å². The van der Waals surface area contributed by atoms with Gasteiger partial charge in [-0.2, -0.15) is 0 Å². The van der Waals surface area contributed by atoms with Crippen LogP contribution in [-0.4, -0.2) is 37.4 Å². The molecule has 0 spiro atoms. The quantitative estimate of drug-likeness (QED) is 0.483. The van der Waals surface area contributed by atoms with Crippen molar-refractivity contribution in [1.82, 2.24) is 0 Å². The fourth-order valence-corrected chi connectivity index (χ4v) is 5.15. The predicted molar refractivity (Wildman–Crippen MR) is 45.4 cm³/mol. The van der Waals surface area contributed by atoms with Crippen molar-refractivity contribution in [3.8, 4) is 0 Å². The van der Waals surface area contributed by atoms with Gasteiger partial charge in [0.2, 0.25) is 0 Å². The molecule has 0 aliphatic carbocycles. The number of rotatable bonds is 0. The number of alkyl halides is 6. The van der Waals surface area contributed by atoms with Gasteiger partial charge >= 0.3 is 85.7 Å². The summed E-state index contributed by atoms with van der Waals surface area (Å²) < 4.78 is 77.8. The van der Waals surface area contributed by atoms with Gasteiger partial charge in [-0.3, -0.25) is 0 Å². The third kappa shape index (κ3) is 2.06. The average Bonchev–Trinajstić information content (AvgIpc) is 1.74. The van der Waals surface area contributed by atoms with Crippen molar-refractivity contribution in [1.29, 1.82) is 0 Å². The topological polar surface area (TPSA) is 9.23 Å². The van der Waals surface area contributed by atoms with Crippen LogP contribution in [0.4, 0.5) is 26.3 Å². The maximum atomic E-state index is 12.3. The van der Waals surface area contributed by atoms with E-state index >= 15 is 0 Å². The van der Waals surface area contributed by atoms with Crippen LogP contribution in [0.2, 0.25) is 0 Å². The molecule has 1 aliphatic heterocycles. The van der Waals surface area contributed by atoms with Crippen LogP contribution in [0.5, 0.6) is 0 Å². The van der Waals surface area contributed by atoms with E-state index in [1.807, 2.05) is 0 Å². The summed E-state index contributed by atoms with van der Waals surface area (Å²) in [6.45, 7) is 2.20. The number of halogens is 7. The van der Waals surface area contributed by atoms with Crippen molar-refractivity contribution < 1.29 is 30.9 Å². The first kappa shape index (κ1) is 13.3. The number of hydrogen-bond acceptors (Lipinski definition) is 1. The molecule has 1 fully saturated rings. The first-order valence-electron chi connectivity index (χ1n) is 3.75. The Morgan fingerprint density at radius 1 is 1.07 bits per heavy atom. The summed E-state index contributed by atoms with van der Waals surface area (Å²) in [5, 5.41) is 0. The van der Waals surface area contributed by atoms with Crippen molar-refractivity contribution in [3.05, 3.63) is 0 Å². The van der Waals surface area contributed by atoms with Gasteiger partial charge in [0, 0.05) is 0 Å². The fourth-order valence-electron chi connectivity index (χ4n) is 1.54. The molecule has 0 radical (unpaired) electrons. The molecule has 1 saturated heterocycles. The molecule has 1 aliphatic rings. The molecule has 0 saturated carbocycles. The SMILES string of the molecule is CP1(C)(Cl)CC(C(F)(F)F)(C(F)(F)F)O1. The summed E-state index contributed by atoms with van der Waals surface area (Å²) in [7, 11) is 0. The van der Waals surface area contributed by atoms with Crippen molar-refractivity contribution in [2.75, 3.05) is 19.5 Å². The van der Waals surface area contributed by atoms with Crippen LogP contribution < -0.4 is 0 Å². The molecule has 15 heavy (non-hydrogen) atoms. The van der Waals surface area contributed by atoms with E-state index in [1.165, 1.54) is 0 Å². The molecule has 1 rings (SSSR count). The van der Waals surface area contributed by atoms with Gasteiger partial charge < -0.3 is 0 Å². The second-order valence-corrected chi connectivity index (χ2v) is 12.0. The second-order valence-electron chi connectivity index (χ2n) is 4.17. The van der Waals surface area contributed by atoms with E-state index in [2.05, 4.69) is 4.52 Å². The minimum atomic E-state index is -5.49. The summed E-state index contributed by atoms with van der Waals surface area (Å²) in [6, 6.07) is 0. The zero-order valence-electron chi connectivity index (χ0n) is 7.71. The van der Waals surface area contributed by atoms with E-state index in [0.29, 0.717) is 0 Å². The zero-order valence-corrected chi connectivity index (χ0v) is 9.36. The maximum absolute atomic E-state index is 12.3. The normalized spacial score (nSPS) is 31.1. The molecule has 92 valence electrons. The van der Waals surface area contributed by atoms with E-state index in [0.717, 1.165) is 13.3 Å². The summed E-state index contributed by atoms with van der Waals surface area (Å²) in [5.74, 6) is 0. The summed E-state index contributed by atoms with van der Waals surface area (Å²) in [5.41, 5.74) is -4.08. The van der Waals surface area contributed by atoms with Gasteiger partial charge in [0.15, 0.2) is 0 Å². The van der Waals surface area contributed by atoms with Crippen molar-refractivity contribution in [2.24, 2.45) is 0 Å². The van der Waals surface area contributed by atoms with E-state index < -0.39 is 30.3 Å². The fraction of sp³-hybridized carbons (Fsp3) is 1.00. The molecule has 0 aromatic heterocycles. The van der Waals surface area contributed by atoms with E-state index in [-0.39, 0.29) is 0 Å². The first-order valence-corrected chi connectivity index (χ1v) is 7.89. The Balaban J connectivity index is 3.09. The average molecular weight is 277 g/mol. The molecule has 1 nitrogen and oxygen atoms in total. The van der Waals surface area contributed by atoms with Gasteiger partial charge in [-0.25, -0.2) is 0 Å². The summed E-state index contributed by atoms with van der Waals surface area (Å²) in [4.78, 5) is 0.